The molecule has 1 atom stereocenters. The molecule has 2 rings (SSSR count). The van der Waals surface area contributed by atoms with E-state index in [0.717, 1.165) is 30.9 Å². The van der Waals surface area contributed by atoms with Gasteiger partial charge in [0, 0.05) is 6.04 Å². The molecular weight excluding hydrogens is 232 g/mol. The average Bonchev–Trinajstić information content (AvgIpc) is 3.17. The maximum absolute atomic E-state index is 13.3. The number of hydrogen-bond acceptors (Lipinski definition) is 1. The molecule has 0 aromatic heterocycles. The van der Waals surface area contributed by atoms with E-state index in [-0.39, 0.29) is 6.04 Å². The zero-order chi connectivity index (χ0) is 13.0. The summed E-state index contributed by atoms with van der Waals surface area (Å²) in [6.07, 6.45) is 5.90. The standard InChI is InChI=1S/C15H21F2N/c1-2-9-18-15(8-5-11-3-4-11)12-6-7-13(16)14(17)10-12/h6-7,10-11,15,18H,2-5,8-9H2,1H3. The molecule has 0 aliphatic heterocycles. The molecule has 0 saturated heterocycles. The predicted molar refractivity (Wildman–Crippen MR) is 69.4 cm³/mol. The number of nitrogens with one attached hydrogen (secondary N) is 1. The summed E-state index contributed by atoms with van der Waals surface area (Å²) in [6.45, 7) is 3.02. The van der Waals surface area contributed by atoms with Crippen LogP contribution in [-0.2, 0) is 0 Å². The van der Waals surface area contributed by atoms with E-state index >= 15 is 0 Å². The summed E-state index contributed by atoms with van der Waals surface area (Å²) in [5, 5.41) is 3.43. The van der Waals surface area contributed by atoms with E-state index in [1.165, 1.54) is 31.4 Å². The van der Waals surface area contributed by atoms with E-state index in [9.17, 15) is 8.78 Å². The van der Waals surface area contributed by atoms with Crippen molar-refractivity contribution in [1.82, 2.24) is 5.32 Å². The Kier molecular flexibility index (Phi) is 4.70. The topological polar surface area (TPSA) is 12.0 Å². The lowest BCUT2D eigenvalue weighted by Crippen LogP contribution is -2.22. The van der Waals surface area contributed by atoms with Gasteiger partial charge in [0.2, 0.25) is 0 Å². The molecule has 1 unspecified atom stereocenters. The van der Waals surface area contributed by atoms with E-state index < -0.39 is 11.6 Å². The molecule has 1 aliphatic rings. The van der Waals surface area contributed by atoms with Gasteiger partial charge in [0.05, 0.1) is 0 Å². The Labute approximate surface area is 108 Å². The molecule has 3 heteroatoms. The second-order valence-electron chi connectivity index (χ2n) is 5.20. The van der Waals surface area contributed by atoms with Crippen molar-refractivity contribution in [2.24, 2.45) is 5.92 Å². The molecule has 0 spiro atoms. The molecule has 0 amide bonds. The number of hydrogen-bond donors (Lipinski definition) is 1. The molecular formula is C15H21F2N. The van der Waals surface area contributed by atoms with Gasteiger partial charge in [0.1, 0.15) is 0 Å². The van der Waals surface area contributed by atoms with Crippen LogP contribution in [0.5, 0.6) is 0 Å². The normalized spacial score (nSPS) is 16.8. The fourth-order valence-corrected chi connectivity index (χ4v) is 2.24. The maximum Gasteiger partial charge on any atom is 0.159 e. The van der Waals surface area contributed by atoms with Crippen LogP contribution in [0.3, 0.4) is 0 Å². The molecule has 1 fully saturated rings. The Morgan fingerprint density at radius 3 is 2.67 bits per heavy atom. The molecule has 1 nitrogen and oxygen atoms in total. The van der Waals surface area contributed by atoms with Crippen molar-refractivity contribution >= 4 is 0 Å². The zero-order valence-corrected chi connectivity index (χ0v) is 10.9. The van der Waals surface area contributed by atoms with Gasteiger partial charge in [-0.25, -0.2) is 8.78 Å². The minimum atomic E-state index is -0.768. The quantitative estimate of drug-likeness (QED) is 0.768. The largest absolute Gasteiger partial charge is 0.310 e. The van der Waals surface area contributed by atoms with E-state index in [4.69, 9.17) is 0 Å². The van der Waals surface area contributed by atoms with Crippen LogP contribution in [0.2, 0.25) is 0 Å². The summed E-state index contributed by atoms with van der Waals surface area (Å²) < 4.78 is 26.2. The summed E-state index contributed by atoms with van der Waals surface area (Å²) in [5.41, 5.74) is 0.864. The van der Waals surface area contributed by atoms with Crippen LogP contribution < -0.4 is 5.32 Å². The summed E-state index contributed by atoms with van der Waals surface area (Å²) in [7, 11) is 0. The van der Waals surface area contributed by atoms with Gasteiger partial charge in [-0.15, -0.1) is 0 Å². The highest BCUT2D eigenvalue weighted by atomic mass is 19.2. The minimum Gasteiger partial charge on any atom is -0.310 e. The monoisotopic (exact) mass is 253 g/mol. The third-order valence-corrected chi connectivity index (χ3v) is 3.55. The Hall–Kier alpha value is -0.960. The fraction of sp³-hybridized carbons (Fsp3) is 0.600. The fourth-order valence-electron chi connectivity index (χ4n) is 2.24. The molecule has 0 heterocycles. The number of rotatable bonds is 7. The van der Waals surface area contributed by atoms with Crippen molar-refractivity contribution < 1.29 is 8.78 Å². The smallest absolute Gasteiger partial charge is 0.159 e. The highest BCUT2D eigenvalue weighted by molar-refractivity contribution is 5.21. The van der Waals surface area contributed by atoms with Crippen molar-refractivity contribution in [2.45, 2.75) is 45.1 Å². The van der Waals surface area contributed by atoms with Crippen LogP contribution in [0, 0.1) is 17.6 Å². The Morgan fingerprint density at radius 2 is 2.06 bits per heavy atom. The van der Waals surface area contributed by atoms with Crippen LogP contribution in [0.15, 0.2) is 18.2 Å². The van der Waals surface area contributed by atoms with Gasteiger partial charge >= 0.3 is 0 Å². The predicted octanol–water partition coefficient (Wildman–Crippen LogP) is 4.20. The zero-order valence-electron chi connectivity index (χ0n) is 10.9. The lowest BCUT2D eigenvalue weighted by molar-refractivity contribution is 0.461. The minimum absolute atomic E-state index is 0.153. The number of benzene rings is 1. The molecule has 100 valence electrons. The summed E-state index contributed by atoms with van der Waals surface area (Å²) in [4.78, 5) is 0. The molecule has 1 aromatic rings. The first kappa shape index (κ1) is 13.5. The molecule has 1 N–H and O–H groups in total. The van der Waals surface area contributed by atoms with Gasteiger partial charge in [-0.3, -0.25) is 0 Å². The Bertz CT molecular complexity index is 388. The van der Waals surface area contributed by atoms with Gasteiger partial charge in [0.15, 0.2) is 11.6 Å². The first-order valence-corrected chi connectivity index (χ1v) is 6.89. The van der Waals surface area contributed by atoms with Crippen LogP contribution in [0.1, 0.15) is 50.6 Å². The highest BCUT2D eigenvalue weighted by Crippen LogP contribution is 2.36. The molecule has 0 radical (unpaired) electrons. The van der Waals surface area contributed by atoms with E-state index in [0.29, 0.717) is 0 Å². The lowest BCUT2D eigenvalue weighted by Gasteiger charge is -2.19. The van der Waals surface area contributed by atoms with Crippen molar-refractivity contribution in [2.75, 3.05) is 6.54 Å². The first-order chi connectivity index (χ1) is 8.70. The van der Waals surface area contributed by atoms with Gasteiger partial charge < -0.3 is 5.32 Å². The van der Waals surface area contributed by atoms with Crippen LogP contribution in [-0.4, -0.2) is 6.54 Å². The Balaban J connectivity index is 2.01. The van der Waals surface area contributed by atoms with Crippen LogP contribution >= 0.6 is 0 Å². The molecule has 1 aliphatic carbocycles. The highest BCUT2D eigenvalue weighted by Gasteiger charge is 2.23. The average molecular weight is 253 g/mol. The van der Waals surface area contributed by atoms with Gasteiger partial charge in [-0.05, 0) is 49.4 Å². The van der Waals surface area contributed by atoms with Crippen molar-refractivity contribution in [1.29, 1.82) is 0 Å². The number of halogens is 2. The maximum atomic E-state index is 13.3. The van der Waals surface area contributed by atoms with Crippen molar-refractivity contribution in [3.8, 4) is 0 Å². The second kappa shape index (κ2) is 6.28. The summed E-state index contributed by atoms with van der Waals surface area (Å²) in [6, 6.07) is 4.40. The molecule has 0 bridgehead atoms. The third-order valence-electron chi connectivity index (χ3n) is 3.55. The van der Waals surface area contributed by atoms with Crippen LogP contribution in [0.4, 0.5) is 8.78 Å². The SMILES string of the molecule is CCCNC(CCC1CC1)c1ccc(F)c(F)c1. The molecule has 18 heavy (non-hydrogen) atoms. The van der Waals surface area contributed by atoms with Crippen molar-refractivity contribution in [3.05, 3.63) is 35.4 Å². The Morgan fingerprint density at radius 1 is 1.28 bits per heavy atom. The van der Waals surface area contributed by atoms with Gasteiger partial charge in [-0.2, -0.15) is 0 Å². The lowest BCUT2D eigenvalue weighted by atomic mass is 10.00. The van der Waals surface area contributed by atoms with E-state index in [1.54, 1.807) is 6.07 Å². The summed E-state index contributed by atoms with van der Waals surface area (Å²) in [5.74, 6) is -0.654. The summed E-state index contributed by atoms with van der Waals surface area (Å²) >= 11 is 0. The van der Waals surface area contributed by atoms with Gasteiger partial charge in [-0.1, -0.05) is 25.8 Å². The van der Waals surface area contributed by atoms with Crippen molar-refractivity contribution in [3.63, 3.8) is 0 Å². The third kappa shape index (κ3) is 3.77. The van der Waals surface area contributed by atoms with E-state index in [2.05, 4.69) is 12.2 Å². The molecule has 1 aromatic carbocycles. The molecule has 1 saturated carbocycles. The first-order valence-electron chi connectivity index (χ1n) is 6.89. The van der Waals surface area contributed by atoms with Crippen LogP contribution in [0.25, 0.3) is 0 Å². The van der Waals surface area contributed by atoms with Gasteiger partial charge in [0.25, 0.3) is 0 Å². The van der Waals surface area contributed by atoms with E-state index in [1.807, 2.05) is 0 Å². The second-order valence-corrected chi connectivity index (χ2v) is 5.20.